The molecule has 1 aromatic rings. The maximum Gasteiger partial charge on any atom is 0.306 e. The van der Waals surface area contributed by atoms with Gasteiger partial charge in [0.05, 0.1) is 19.6 Å². The number of methoxy groups -OCH3 is 1. The summed E-state index contributed by atoms with van der Waals surface area (Å²) in [6.45, 7) is 0.669. The molecule has 0 spiro atoms. The molecule has 110 valence electrons. The molecule has 0 aromatic heterocycles. The normalized spacial score (nSPS) is 23.0. The van der Waals surface area contributed by atoms with Crippen LogP contribution in [0, 0.1) is 11.6 Å². The minimum Gasteiger partial charge on any atom is -0.469 e. The van der Waals surface area contributed by atoms with Gasteiger partial charge in [-0.25, -0.2) is 8.78 Å². The predicted octanol–water partition coefficient (Wildman–Crippen LogP) is 1.64. The molecule has 4 nitrogen and oxygen atoms in total. The number of rotatable bonds is 4. The zero-order chi connectivity index (χ0) is 14.7. The topological polar surface area (TPSA) is 49.8 Å². The molecule has 0 amide bonds. The first-order valence-electron chi connectivity index (χ1n) is 6.45. The number of hydrogen-bond donors (Lipinski definition) is 1. The van der Waals surface area contributed by atoms with E-state index in [0.29, 0.717) is 19.5 Å². The predicted molar refractivity (Wildman–Crippen MR) is 67.9 cm³/mol. The number of likely N-dealkylation sites (tertiary alicyclic amines) is 1. The quantitative estimate of drug-likeness (QED) is 0.854. The summed E-state index contributed by atoms with van der Waals surface area (Å²) in [7, 11) is 1.30. The van der Waals surface area contributed by atoms with E-state index in [4.69, 9.17) is 0 Å². The number of halogens is 2. The van der Waals surface area contributed by atoms with Gasteiger partial charge >= 0.3 is 5.97 Å². The summed E-state index contributed by atoms with van der Waals surface area (Å²) in [5, 5.41) is 9.74. The Hall–Kier alpha value is -1.53. The number of aliphatic hydroxyl groups is 1. The van der Waals surface area contributed by atoms with Gasteiger partial charge in [-0.1, -0.05) is 0 Å². The highest BCUT2D eigenvalue weighted by Crippen LogP contribution is 2.33. The van der Waals surface area contributed by atoms with E-state index in [9.17, 15) is 18.7 Å². The summed E-state index contributed by atoms with van der Waals surface area (Å²) in [5.74, 6) is -1.39. The average molecular weight is 285 g/mol. The van der Waals surface area contributed by atoms with Crippen molar-refractivity contribution in [2.45, 2.75) is 25.0 Å². The molecular formula is C14H17F2NO3. The Labute approximate surface area is 116 Å². The molecule has 1 aromatic carbocycles. The van der Waals surface area contributed by atoms with E-state index in [0.717, 1.165) is 18.2 Å². The molecule has 2 rings (SSSR count). The zero-order valence-corrected chi connectivity index (χ0v) is 11.2. The Kier molecular flexibility index (Phi) is 4.67. The molecule has 0 aliphatic carbocycles. The van der Waals surface area contributed by atoms with Crippen molar-refractivity contribution in [1.29, 1.82) is 0 Å². The highest BCUT2D eigenvalue weighted by molar-refractivity contribution is 5.69. The molecule has 0 bridgehead atoms. The second-order valence-corrected chi connectivity index (χ2v) is 4.89. The van der Waals surface area contributed by atoms with Crippen molar-refractivity contribution < 1.29 is 23.4 Å². The van der Waals surface area contributed by atoms with Crippen LogP contribution < -0.4 is 0 Å². The van der Waals surface area contributed by atoms with Crippen LogP contribution in [0.1, 0.15) is 24.4 Å². The maximum absolute atomic E-state index is 13.8. The van der Waals surface area contributed by atoms with Crippen LogP contribution in [0.4, 0.5) is 8.78 Å². The summed E-state index contributed by atoms with van der Waals surface area (Å²) in [5.41, 5.74) is 0.214. The second-order valence-electron chi connectivity index (χ2n) is 4.89. The van der Waals surface area contributed by atoms with Gasteiger partial charge < -0.3 is 9.84 Å². The summed E-state index contributed by atoms with van der Waals surface area (Å²) in [4.78, 5) is 12.9. The van der Waals surface area contributed by atoms with E-state index < -0.39 is 23.8 Å². The van der Waals surface area contributed by atoms with Gasteiger partial charge in [-0.3, -0.25) is 9.69 Å². The van der Waals surface area contributed by atoms with E-state index in [1.165, 1.54) is 7.11 Å². The Morgan fingerprint density at radius 1 is 1.50 bits per heavy atom. The highest BCUT2D eigenvalue weighted by Gasteiger charge is 2.33. The van der Waals surface area contributed by atoms with Gasteiger partial charge in [-0.05, 0) is 24.6 Å². The van der Waals surface area contributed by atoms with Crippen LogP contribution in [0.25, 0.3) is 0 Å². The van der Waals surface area contributed by atoms with Crippen LogP contribution in [0.2, 0.25) is 0 Å². The Morgan fingerprint density at radius 3 is 2.95 bits per heavy atom. The summed E-state index contributed by atoms with van der Waals surface area (Å²) < 4.78 is 31.7. The third-order valence-electron chi connectivity index (χ3n) is 3.53. The highest BCUT2D eigenvalue weighted by atomic mass is 19.1. The molecule has 1 aliphatic heterocycles. The first-order valence-corrected chi connectivity index (χ1v) is 6.45. The number of esters is 1. The monoisotopic (exact) mass is 285 g/mol. The molecule has 2 atom stereocenters. The van der Waals surface area contributed by atoms with Gasteiger partial charge in [0.25, 0.3) is 0 Å². The molecule has 1 saturated heterocycles. The largest absolute Gasteiger partial charge is 0.469 e. The number of β-amino-alcohol motifs (C(OH)–C–C–N with tert-alkyl or cyclic N) is 1. The maximum atomic E-state index is 13.8. The van der Waals surface area contributed by atoms with Crippen molar-refractivity contribution in [1.82, 2.24) is 4.90 Å². The van der Waals surface area contributed by atoms with Gasteiger partial charge in [-0.2, -0.15) is 0 Å². The third kappa shape index (κ3) is 3.32. The van der Waals surface area contributed by atoms with Crippen molar-refractivity contribution in [2.75, 3.05) is 20.2 Å². The van der Waals surface area contributed by atoms with Crippen LogP contribution in [-0.4, -0.2) is 42.3 Å². The second kappa shape index (κ2) is 6.28. The molecule has 0 saturated carbocycles. The first-order chi connectivity index (χ1) is 9.51. The van der Waals surface area contributed by atoms with Gasteiger partial charge in [0.1, 0.15) is 11.6 Å². The van der Waals surface area contributed by atoms with Gasteiger partial charge in [-0.15, -0.1) is 0 Å². The SMILES string of the molecule is COC(=O)CCN1C[C@@H](O)C[C@H]1c1cc(F)ccc1F. The standard InChI is InChI=1S/C14H17F2NO3/c1-20-14(19)4-5-17-8-10(18)7-13(17)11-6-9(15)2-3-12(11)16/h2-3,6,10,13,18H,4-5,7-8H2,1H3/t10-,13-/m0/s1. The fourth-order valence-corrected chi connectivity index (χ4v) is 2.56. The van der Waals surface area contributed by atoms with E-state index in [1.54, 1.807) is 4.90 Å². The van der Waals surface area contributed by atoms with E-state index in [-0.39, 0.29) is 18.0 Å². The summed E-state index contributed by atoms with van der Waals surface area (Å²) >= 11 is 0. The van der Waals surface area contributed by atoms with Gasteiger partial charge in [0.2, 0.25) is 0 Å². The lowest BCUT2D eigenvalue weighted by Gasteiger charge is -2.24. The van der Waals surface area contributed by atoms with Crippen molar-refractivity contribution >= 4 is 5.97 Å². The molecule has 0 radical (unpaired) electrons. The number of carbonyl (C=O) groups excluding carboxylic acids is 1. The number of nitrogens with zero attached hydrogens (tertiary/aromatic N) is 1. The molecule has 1 heterocycles. The van der Waals surface area contributed by atoms with Crippen LogP contribution in [-0.2, 0) is 9.53 Å². The van der Waals surface area contributed by atoms with E-state index in [2.05, 4.69) is 4.74 Å². The fourth-order valence-electron chi connectivity index (χ4n) is 2.56. The minimum atomic E-state index is -0.611. The Bertz CT molecular complexity index is 495. The number of ether oxygens (including phenoxy) is 1. The third-order valence-corrected chi connectivity index (χ3v) is 3.53. The molecule has 1 N–H and O–H groups in total. The molecule has 1 aliphatic rings. The number of hydrogen-bond acceptors (Lipinski definition) is 4. The van der Waals surface area contributed by atoms with Crippen LogP contribution >= 0.6 is 0 Å². The number of benzene rings is 1. The van der Waals surface area contributed by atoms with Crippen LogP contribution in [0.3, 0.4) is 0 Å². The molecule has 0 unspecified atom stereocenters. The Morgan fingerprint density at radius 2 is 2.25 bits per heavy atom. The number of carbonyl (C=O) groups is 1. The van der Waals surface area contributed by atoms with Crippen molar-refractivity contribution in [3.05, 3.63) is 35.4 Å². The van der Waals surface area contributed by atoms with E-state index in [1.807, 2.05) is 0 Å². The smallest absolute Gasteiger partial charge is 0.306 e. The summed E-state index contributed by atoms with van der Waals surface area (Å²) in [6.07, 6.45) is -0.140. The fraction of sp³-hybridized carbons (Fsp3) is 0.500. The van der Waals surface area contributed by atoms with Gasteiger partial charge in [0, 0.05) is 24.7 Å². The van der Waals surface area contributed by atoms with Crippen molar-refractivity contribution in [3.63, 3.8) is 0 Å². The lowest BCUT2D eigenvalue weighted by molar-refractivity contribution is -0.141. The van der Waals surface area contributed by atoms with E-state index >= 15 is 0 Å². The van der Waals surface area contributed by atoms with Crippen molar-refractivity contribution in [2.24, 2.45) is 0 Å². The lowest BCUT2D eigenvalue weighted by Crippen LogP contribution is -2.28. The van der Waals surface area contributed by atoms with Crippen LogP contribution in [0.15, 0.2) is 18.2 Å². The molecular weight excluding hydrogens is 268 g/mol. The average Bonchev–Trinajstić information content (AvgIpc) is 2.79. The number of aliphatic hydroxyl groups excluding tert-OH is 1. The minimum absolute atomic E-state index is 0.149. The zero-order valence-electron chi connectivity index (χ0n) is 11.2. The molecule has 6 heteroatoms. The van der Waals surface area contributed by atoms with Gasteiger partial charge in [0.15, 0.2) is 0 Å². The Balaban J connectivity index is 2.15. The first kappa shape index (κ1) is 14.9. The lowest BCUT2D eigenvalue weighted by atomic mass is 10.0. The van der Waals surface area contributed by atoms with Crippen molar-refractivity contribution in [3.8, 4) is 0 Å². The summed E-state index contributed by atoms with van der Waals surface area (Å²) in [6, 6.07) is 2.85. The molecule has 1 fully saturated rings. The van der Waals surface area contributed by atoms with Crippen LogP contribution in [0.5, 0.6) is 0 Å². The molecule has 20 heavy (non-hydrogen) atoms.